The molecule has 1 aromatic carbocycles. The summed E-state index contributed by atoms with van der Waals surface area (Å²) in [7, 11) is 0. The van der Waals surface area contributed by atoms with Gasteiger partial charge in [-0.1, -0.05) is 18.6 Å². The summed E-state index contributed by atoms with van der Waals surface area (Å²) >= 11 is 0. The molecular formula is C19H28ClFN2O2. The number of nitrogens with two attached hydrogens (primary N) is 1. The molecule has 6 heteroatoms. The Kier molecular flexibility index (Phi) is 7.23. The molecule has 1 saturated carbocycles. The van der Waals surface area contributed by atoms with Gasteiger partial charge in [-0.3, -0.25) is 4.79 Å². The summed E-state index contributed by atoms with van der Waals surface area (Å²) in [6, 6.07) is 6.81. The molecule has 1 heterocycles. The number of ether oxygens (including phenoxy) is 1. The molecule has 4 nitrogen and oxygen atoms in total. The van der Waals surface area contributed by atoms with Crippen molar-refractivity contribution in [3.8, 4) is 0 Å². The zero-order valence-corrected chi connectivity index (χ0v) is 15.3. The van der Waals surface area contributed by atoms with Crippen LogP contribution in [-0.4, -0.2) is 31.7 Å². The number of benzene rings is 1. The highest BCUT2D eigenvalue weighted by atomic mass is 35.5. The molecule has 0 spiro atoms. The van der Waals surface area contributed by atoms with E-state index in [0.29, 0.717) is 32.1 Å². The molecule has 0 aromatic heterocycles. The third-order valence-corrected chi connectivity index (χ3v) is 5.70. The molecule has 3 N–H and O–H groups in total. The summed E-state index contributed by atoms with van der Waals surface area (Å²) in [4.78, 5) is 12.4. The molecule has 25 heavy (non-hydrogen) atoms. The van der Waals surface area contributed by atoms with Gasteiger partial charge < -0.3 is 15.8 Å². The second-order valence-electron chi connectivity index (χ2n) is 7.24. The van der Waals surface area contributed by atoms with Crippen molar-refractivity contribution < 1.29 is 13.9 Å². The molecule has 1 saturated heterocycles. The van der Waals surface area contributed by atoms with Crippen molar-refractivity contribution in [2.75, 3.05) is 19.8 Å². The van der Waals surface area contributed by atoms with Crippen LogP contribution < -0.4 is 11.1 Å². The average molecular weight is 371 g/mol. The van der Waals surface area contributed by atoms with Crippen molar-refractivity contribution in [2.45, 2.75) is 50.0 Å². The van der Waals surface area contributed by atoms with Gasteiger partial charge in [-0.05, 0) is 49.3 Å². The number of halogens is 2. The molecule has 2 atom stereocenters. The van der Waals surface area contributed by atoms with E-state index < -0.39 is 0 Å². The minimum absolute atomic E-state index is 0. The van der Waals surface area contributed by atoms with Gasteiger partial charge in [0.05, 0.1) is 0 Å². The summed E-state index contributed by atoms with van der Waals surface area (Å²) < 4.78 is 18.7. The van der Waals surface area contributed by atoms with Crippen LogP contribution in [-0.2, 0) is 14.9 Å². The largest absolute Gasteiger partial charge is 0.381 e. The lowest BCUT2D eigenvalue weighted by Crippen LogP contribution is -2.45. The van der Waals surface area contributed by atoms with Crippen LogP contribution in [0.25, 0.3) is 0 Å². The summed E-state index contributed by atoms with van der Waals surface area (Å²) in [5.74, 6) is 0.145. The Labute approximate surface area is 155 Å². The first-order chi connectivity index (χ1) is 11.6. The highest BCUT2D eigenvalue weighted by molar-refractivity contribution is 5.85. The smallest absolute Gasteiger partial charge is 0.220 e. The van der Waals surface area contributed by atoms with Crippen molar-refractivity contribution in [1.29, 1.82) is 0 Å². The lowest BCUT2D eigenvalue weighted by Gasteiger charge is -2.38. The van der Waals surface area contributed by atoms with E-state index in [9.17, 15) is 9.18 Å². The number of rotatable bonds is 5. The first-order valence-electron chi connectivity index (χ1n) is 8.95. The predicted molar refractivity (Wildman–Crippen MR) is 98.3 cm³/mol. The van der Waals surface area contributed by atoms with Crippen molar-refractivity contribution in [3.05, 3.63) is 35.6 Å². The lowest BCUT2D eigenvalue weighted by atomic mass is 9.74. The molecule has 1 aliphatic heterocycles. The molecule has 0 bridgehead atoms. The van der Waals surface area contributed by atoms with Gasteiger partial charge in [-0.2, -0.15) is 0 Å². The summed E-state index contributed by atoms with van der Waals surface area (Å²) in [5.41, 5.74) is 6.97. The first-order valence-corrected chi connectivity index (χ1v) is 8.95. The average Bonchev–Trinajstić information content (AvgIpc) is 2.99. The Morgan fingerprint density at radius 1 is 1.24 bits per heavy atom. The highest BCUT2D eigenvalue weighted by Crippen LogP contribution is 2.34. The monoisotopic (exact) mass is 370 g/mol. The maximum absolute atomic E-state index is 13.3. The van der Waals surface area contributed by atoms with Crippen LogP contribution in [0, 0.1) is 11.7 Å². The molecule has 140 valence electrons. The maximum atomic E-state index is 13.3. The molecule has 0 radical (unpaired) electrons. The van der Waals surface area contributed by atoms with E-state index in [1.54, 1.807) is 0 Å². The van der Waals surface area contributed by atoms with Gasteiger partial charge in [-0.25, -0.2) is 4.39 Å². The van der Waals surface area contributed by atoms with Crippen molar-refractivity contribution in [3.63, 3.8) is 0 Å². The molecule has 2 aliphatic rings. The summed E-state index contributed by atoms with van der Waals surface area (Å²) in [6.45, 7) is 1.91. The summed E-state index contributed by atoms with van der Waals surface area (Å²) in [6.07, 6.45) is 5.37. The fraction of sp³-hybridized carbons (Fsp3) is 0.632. The molecule has 1 aromatic rings. The fourth-order valence-corrected chi connectivity index (χ4v) is 4.03. The molecular weight excluding hydrogens is 343 g/mol. The highest BCUT2D eigenvalue weighted by Gasteiger charge is 2.35. The SMILES string of the molecule is Cl.N[C@@H]1CCC[C@H]1CC(=O)NCC1(c2ccc(F)cc2)CCOCC1. The van der Waals surface area contributed by atoms with Crippen LogP contribution in [0.2, 0.25) is 0 Å². The van der Waals surface area contributed by atoms with Crippen molar-refractivity contribution in [1.82, 2.24) is 5.32 Å². The topological polar surface area (TPSA) is 64.4 Å². The standard InChI is InChI=1S/C19H27FN2O2.ClH/c20-16-6-4-15(5-7-16)19(8-10-24-11-9-19)13-22-18(23)12-14-2-1-3-17(14)21;/h4-7,14,17H,1-3,8-13,21H2,(H,22,23);1H/t14-,17+;/m0./s1. The molecule has 1 aliphatic carbocycles. The van der Waals surface area contributed by atoms with Gasteiger partial charge in [0.2, 0.25) is 5.91 Å². The minimum atomic E-state index is -0.236. The maximum Gasteiger partial charge on any atom is 0.220 e. The van der Waals surface area contributed by atoms with Gasteiger partial charge in [-0.15, -0.1) is 12.4 Å². The second kappa shape index (κ2) is 8.97. The Balaban J connectivity index is 0.00000225. The number of hydrogen-bond acceptors (Lipinski definition) is 3. The first kappa shape index (κ1) is 20.1. The van der Waals surface area contributed by atoms with E-state index in [-0.39, 0.29) is 35.6 Å². The van der Waals surface area contributed by atoms with Gasteiger partial charge in [0.25, 0.3) is 0 Å². The number of hydrogen-bond donors (Lipinski definition) is 2. The normalized spacial score (nSPS) is 25.2. The minimum Gasteiger partial charge on any atom is -0.381 e. The van der Waals surface area contributed by atoms with Gasteiger partial charge in [0.1, 0.15) is 5.82 Å². The number of nitrogens with one attached hydrogen (secondary N) is 1. The van der Waals surface area contributed by atoms with Crippen LogP contribution in [0.4, 0.5) is 4.39 Å². The van der Waals surface area contributed by atoms with Crippen molar-refractivity contribution in [2.24, 2.45) is 11.7 Å². The lowest BCUT2D eigenvalue weighted by molar-refractivity contribution is -0.122. The Morgan fingerprint density at radius 2 is 1.92 bits per heavy atom. The molecule has 3 rings (SSSR count). The Morgan fingerprint density at radius 3 is 2.52 bits per heavy atom. The molecule has 2 fully saturated rings. The predicted octanol–water partition coefficient (Wildman–Crippen LogP) is 2.93. The second-order valence-corrected chi connectivity index (χ2v) is 7.24. The van der Waals surface area contributed by atoms with Gasteiger partial charge in [0, 0.05) is 37.6 Å². The molecule has 1 amide bonds. The zero-order chi connectivity index (χ0) is 17.0. The third kappa shape index (κ3) is 4.93. The number of amides is 1. The molecule has 0 unspecified atom stereocenters. The Hall–Kier alpha value is -1.17. The van der Waals surface area contributed by atoms with E-state index in [2.05, 4.69) is 5.32 Å². The van der Waals surface area contributed by atoms with Gasteiger partial charge in [0.15, 0.2) is 0 Å². The van der Waals surface area contributed by atoms with E-state index >= 15 is 0 Å². The number of carbonyl (C=O) groups is 1. The fourth-order valence-electron chi connectivity index (χ4n) is 4.03. The van der Waals surface area contributed by atoms with E-state index in [1.807, 2.05) is 12.1 Å². The van der Waals surface area contributed by atoms with Crippen LogP contribution in [0.15, 0.2) is 24.3 Å². The van der Waals surface area contributed by atoms with E-state index in [0.717, 1.165) is 37.7 Å². The third-order valence-electron chi connectivity index (χ3n) is 5.70. The van der Waals surface area contributed by atoms with Crippen molar-refractivity contribution >= 4 is 18.3 Å². The summed E-state index contributed by atoms with van der Waals surface area (Å²) in [5, 5.41) is 3.11. The van der Waals surface area contributed by atoms with Crippen LogP contribution in [0.5, 0.6) is 0 Å². The number of carbonyl (C=O) groups excluding carboxylic acids is 1. The van der Waals surface area contributed by atoms with E-state index in [4.69, 9.17) is 10.5 Å². The van der Waals surface area contributed by atoms with Crippen LogP contribution in [0.1, 0.15) is 44.1 Å². The zero-order valence-electron chi connectivity index (χ0n) is 14.5. The van der Waals surface area contributed by atoms with E-state index in [1.165, 1.54) is 12.1 Å². The Bertz CT molecular complexity index is 561. The van der Waals surface area contributed by atoms with Crippen LogP contribution in [0.3, 0.4) is 0 Å². The van der Waals surface area contributed by atoms with Crippen LogP contribution >= 0.6 is 12.4 Å². The van der Waals surface area contributed by atoms with Gasteiger partial charge >= 0.3 is 0 Å². The quantitative estimate of drug-likeness (QED) is 0.837.